The summed E-state index contributed by atoms with van der Waals surface area (Å²) in [6, 6.07) is 2.85. The van der Waals surface area contributed by atoms with Gasteiger partial charge in [0.2, 0.25) is 11.8 Å². The summed E-state index contributed by atoms with van der Waals surface area (Å²) in [5, 5.41) is 13.3. The number of aryl methyl sites for hydroxylation is 1. The van der Waals surface area contributed by atoms with E-state index in [2.05, 4.69) is 5.32 Å². The number of nitrogens with one attached hydrogen (secondary N) is 1. The van der Waals surface area contributed by atoms with E-state index in [1.165, 1.54) is 25.1 Å². The number of fused-ring (bicyclic) bond motifs is 1. The number of carbonyl (C=O) groups excluding carboxylic acids is 4. The minimum absolute atomic E-state index is 0.191. The smallest absolute Gasteiger partial charge is 0.329 e. The third-order valence-electron chi connectivity index (χ3n) is 5.32. The Morgan fingerprint density at radius 2 is 1.83 bits per heavy atom. The fraction of sp³-hybridized carbons (Fsp3) is 0.400. The van der Waals surface area contributed by atoms with Crippen molar-refractivity contribution >= 4 is 35.1 Å². The van der Waals surface area contributed by atoms with E-state index < -0.39 is 53.1 Å². The number of nitro groups is 1. The number of nitro benzene ring substituents is 1. The molecule has 1 N–H and O–H groups in total. The molecule has 1 aliphatic heterocycles. The largest absolute Gasteiger partial charge is 0.454 e. The number of amides is 3. The van der Waals surface area contributed by atoms with Gasteiger partial charge in [0.05, 0.1) is 22.4 Å². The lowest BCUT2D eigenvalue weighted by Crippen LogP contribution is -2.45. The molecule has 1 aliphatic carbocycles. The normalized spacial score (nSPS) is 21.2. The molecule has 1 aromatic carbocycles. The average molecular weight is 415 g/mol. The second-order valence-electron chi connectivity index (χ2n) is 7.29. The first-order chi connectivity index (χ1) is 14.2. The van der Waals surface area contributed by atoms with Crippen molar-refractivity contribution in [3.05, 3.63) is 46.0 Å². The molecule has 2 aliphatic rings. The van der Waals surface area contributed by atoms with E-state index in [0.717, 1.165) is 4.90 Å². The second-order valence-corrected chi connectivity index (χ2v) is 7.29. The molecule has 0 radical (unpaired) electrons. The van der Waals surface area contributed by atoms with Gasteiger partial charge in [0.15, 0.2) is 6.61 Å². The van der Waals surface area contributed by atoms with Gasteiger partial charge >= 0.3 is 5.97 Å². The standard InChI is InChI=1S/C20H21N3O7/c1-11-7-8-13(23(28)29)9-16(11)21-17(24)10-30-20(27)12(2)22-18(25)14-5-3-4-6-15(14)19(22)26/h3-4,7-9,12,14-15H,5-6,10H2,1-2H3,(H,21,24)/t12-,14+,15+/m0/s1. The minimum Gasteiger partial charge on any atom is -0.454 e. The van der Waals surface area contributed by atoms with Crippen LogP contribution in [0.2, 0.25) is 0 Å². The van der Waals surface area contributed by atoms with Crippen LogP contribution in [0.25, 0.3) is 0 Å². The predicted octanol–water partition coefficient (Wildman–Crippen LogP) is 1.72. The van der Waals surface area contributed by atoms with Gasteiger partial charge < -0.3 is 10.1 Å². The summed E-state index contributed by atoms with van der Waals surface area (Å²) >= 11 is 0. The van der Waals surface area contributed by atoms with E-state index in [1.54, 1.807) is 6.92 Å². The Balaban J connectivity index is 1.58. The third-order valence-corrected chi connectivity index (χ3v) is 5.32. The van der Waals surface area contributed by atoms with Gasteiger partial charge in [-0.2, -0.15) is 0 Å². The lowest BCUT2D eigenvalue weighted by atomic mass is 9.85. The number of likely N-dealkylation sites (tertiary alicyclic amines) is 1. The van der Waals surface area contributed by atoms with Crippen LogP contribution in [0.1, 0.15) is 25.3 Å². The number of benzene rings is 1. The number of esters is 1. The van der Waals surface area contributed by atoms with Gasteiger partial charge in [-0.25, -0.2) is 4.79 Å². The van der Waals surface area contributed by atoms with Crippen LogP contribution < -0.4 is 5.32 Å². The molecule has 0 unspecified atom stereocenters. The van der Waals surface area contributed by atoms with Crippen molar-refractivity contribution in [2.45, 2.75) is 32.7 Å². The maximum absolute atomic E-state index is 12.5. The van der Waals surface area contributed by atoms with Gasteiger partial charge in [0.1, 0.15) is 6.04 Å². The summed E-state index contributed by atoms with van der Waals surface area (Å²) in [5.74, 6) is -3.31. The van der Waals surface area contributed by atoms with Gasteiger partial charge in [-0.3, -0.25) is 29.4 Å². The number of non-ortho nitro benzene ring substituents is 1. The van der Waals surface area contributed by atoms with Gasteiger partial charge in [-0.15, -0.1) is 0 Å². The Kier molecular flexibility index (Phi) is 5.95. The number of imide groups is 1. The highest BCUT2D eigenvalue weighted by Gasteiger charge is 2.50. The third kappa shape index (κ3) is 4.07. The summed E-state index contributed by atoms with van der Waals surface area (Å²) in [5.41, 5.74) is 0.626. The monoisotopic (exact) mass is 415 g/mol. The number of anilines is 1. The van der Waals surface area contributed by atoms with Crippen LogP contribution in [0.4, 0.5) is 11.4 Å². The molecule has 1 aromatic rings. The zero-order chi connectivity index (χ0) is 22.0. The molecular weight excluding hydrogens is 394 g/mol. The molecule has 3 rings (SSSR count). The zero-order valence-corrected chi connectivity index (χ0v) is 16.5. The summed E-state index contributed by atoms with van der Waals surface area (Å²) < 4.78 is 4.97. The van der Waals surface area contributed by atoms with Crippen molar-refractivity contribution in [1.29, 1.82) is 0 Å². The van der Waals surface area contributed by atoms with Gasteiger partial charge in [0, 0.05) is 12.1 Å². The van der Waals surface area contributed by atoms with E-state index >= 15 is 0 Å². The van der Waals surface area contributed by atoms with E-state index in [0.29, 0.717) is 18.4 Å². The first-order valence-corrected chi connectivity index (χ1v) is 9.44. The molecule has 1 fully saturated rings. The van der Waals surface area contributed by atoms with Crippen LogP contribution in [-0.4, -0.2) is 46.2 Å². The van der Waals surface area contributed by atoms with Crippen molar-refractivity contribution in [2.75, 3.05) is 11.9 Å². The average Bonchev–Trinajstić information content (AvgIpc) is 2.97. The molecule has 1 saturated heterocycles. The lowest BCUT2D eigenvalue weighted by molar-refractivity contribution is -0.384. The van der Waals surface area contributed by atoms with Crippen molar-refractivity contribution in [3.63, 3.8) is 0 Å². The van der Waals surface area contributed by atoms with E-state index in [9.17, 15) is 29.3 Å². The number of allylic oxidation sites excluding steroid dienone is 2. The fourth-order valence-electron chi connectivity index (χ4n) is 3.61. The number of rotatable bonds is 6. The molecule has 3 atom stereocenters. The summed E-state index contributed by atoms with van der Waals surface area (Å²) in [7, 11) is 0. The Morgan fingerprint density at radius 1 is 1.23 bits per heavy atom. The molecule has 0 saturated carbocycles. The van der Waals surface area contributed by atoms with Crippen molar-refractivity contribution in [1.82, 2.24) is 4.90 Å². The molecule has 0 bridgehead atoms. The molecule has 3 amide bonds. The predicted molar refractivity (Wildman–Crippen MR) is 104 cm³/mol. The molecule has 1 heterocycles. The molecule has 10 nitrogen and oxygen atoms in total. The first-order valence-electron chi connectivity index (χ1n) is 9.44. The molecule has 30 heavy (non-hydrogen) atoms. The van der Waals surface area contributed by atoms with E-state index in [-0.39, 0.29) is 11.4 Å². The quantitative estimate of drug-likeness (QED) is 0.246. The number of carbonyl (C=O) groups is 4. The Bertz CT molecular complexity index is 930. The summed E-state index contributed by atoms with van der Waals surface area (Å²) in [4.78, 5) is 60.7. The van der Waals surface area contributed by atoms with Crippen LogP contribution in [-0.2, 0) is 23.9 Å². The second kappa shape index (κ2) is 8.44. The molecule has 0 aromatic heterocycles. The number of hydrogen-bond donors (Lipinski definition) is 1. The Morgan fingerprint density at radius 3 is 2.40 bits per heavy atom. The van der Waals surface area contributed by atoms with Crippen LogP contribution >= 0.6 is 0 Å². The maximum atomic E-state index is 12.5. The molecular formula is C20H21N3O7. The summed E-state index contributed by atoms with van der Waals surface area (Å²) in [6.07, 6.45) is 4.61. The molecule has 0 spiro atoms. The van der Waals surface area contributed by atoms with Gasteiger partial charge in [0.25, 0.3) is 11.6 Å². The van der Waals surface area contributed by atoms with Crippen molar-refractivity contribution in [3.8, 4) is 0 Å². The highest BCUT2D eigenvalue weighted by atomic mass is 16.6. The maximum Gasteiger partial charge on any atom is 0.329 e. The lowest BCUT2D eigenvalue weighted by Gasteiger charge is -2.21. The van der Waals surface area contributed by atoms with Crippen molar-refractivity contribution in [2.24, 2.45) is 11.8 Å². The van der Waals surface area contributed by atoms with Crippen LogP contribution in [0.15, 0.2) is 30.4 Å². The number of hydrogen-bond acceptors (Lipinski definition) is 7. The fourth-order valence-corrected chi connectivity index (χ4v) is 3.61. The SMILES string of the molecule is Cc1ccc([N+](=O)[O-])cc1NC(=O)COC(=O)[C@H](C)N1C(=O)[C@@H]2CC=CC[C@H]2C1=O. The van der Waals surface area contributed by atoms with Gasteiger partial charge in [-0.1, -0.05) is 18.2 Å². The number of ether oxygens (including phenoxy) is 1. The minimum atomic E-state index is -1.15. The first kappa shape index (κ1) is 21.2. The zero-order valence-electron chi connectivity index (χ0n) is 16.5. The van der Waals surface area contributed by atoms with Crippen LogP contribution in [0.3, 0.4) is 0 Å². The van der Waals surface area contributed by atoms with Gasteiger partial charge in [-0.05, 0) is 32.3 Å². The highest BCUT2D eigenvalue weighted by Crippen LogP contribution is 2.36. The van der Waals surface area contributed by atoms with Crippen molar-refractivity contribution < 1.29 is 28.8 Å². The van der Waals surface area contributed by atoms with E-state index in [4.69, 9.17) is 4.74 Å². The molecule has 158 valence electrons. The highest BCUT2D eigenvalue weighted by molar-refractivity contribution is 6.08. The number of nitrogens with zero attached hydrogens (tertiary/aromatic N) is 2. The summed E-state index contributed by atoms with van der Waals surface area (Å²) in [6.45, 7) is 2.38. The molecule has 10 heteroatoms. The van der Waals surface area contributed by atoms with Crippen LogP contribution in [0, 0.1) is 28.9 Å². The Labute approximate surface area is 172 Å². The Hall–Kier alpha value is -3.56. The van der Waals surface area contributed by atoms with E-state index in [1.807, 2.05) is 12.2 Å². The van der Waals surface area contributed by atoms with Crippen LogP contribution in [0.5, 0.6) is 0 Å². The topological polar surface area (TPSA) is 136 Å².